The van der Waals surface area contributed by atoms with Gasteiger partial charge < -0.3 is 5.32 Å². The van der Waals surface area contributed by atoms with Crippen molar-refractivity contribution in [3.8, 4) is 0 Å². The van der Waals surface area contributed by atoms with Crippen LogP contribution in [0.5, 0.6) is 0 Å². The number of benzene rings is 1. The molecule has 88 valence electrons. The summed E-state index contributed by atoms with van der Waals surface area (Å²) in [4.78, 5) is 8.25. The van der Waals surface area contributed by atoms with Crippen LogP contribution in [0.15, 0.2) is 42.9 Å². The fourth-order valence-corrected chi connectivity index (χ4v) is 1.75. The van der Waals surface area contributed by atoms with Crippen molar-refractivity contribution in [3.63, 3.8) is 0 Å². The van der Waals surface area contributed by atoms with Gasteiger partial charge >= 0.3 is 0 Å². The molecule has 0 bridgehead atoms. The summed E-state index contributed by atoms with van der Waals surface area (Å²) in [5.74, 6) is 0. The summed E-state index contributed by atoms with van der Waals surface area (Å²) in [6.45, 7) is 3.89. The standard InChI is InChI=1S/C14H17N3/c1-12-4-2-3-5-13(12)6-7-15-10-14-11-16-8-9-17-14/h2-5,8-9,11,15H,6-7,10H2,1H3. The first-order chi connectivity index (χ1) is 8.36. The van der Waals surface area contributed by atoms with Gasteiger partial charge in [-0.2, -0.15) is 0 Å². The Morgan fingerprint density at radius 2 is 2.06 bits per heavy atom. The third-order valence-electron chi connectivity index (χ3n) is 2.76. The lowest BCUT2D eigenvalue weighted by Gasteiger charge is -2.06. The molecule has 17 heavy (non-hydrogen) atoms. The Labute approximate surface area is 102 Å². The summed E-state index contributed by atoms with van der Waals surface area (Å²) in [7, 11) is 0. The molecule has 1 N–H and O–H groups in total. The van der Waals surface area contributed by atoms with E-state index in [1.54, 1.807) is 18.6 Å². The molecular formula is C14H17N3. The number of aryl methyl sites for hydroxylation is 1. The van der Waals surface area contributed by atoms with Crippen molar-refractivity contribution in [2.24, 2.45) is 0 Å². The molecule has 3 heteroatoms. The number of hydrogen-bond acceptors (Lipinski definition) is 3. The largest absolute Gasteiger partial charge is 0.311 e. The summed E-state index contributed by atoms with van der Waals surface area (Å²) in [6.07, 6.45) is 6.25. The van der Waals surface area contributed by atoms with E-state index in [1.165, 1.54) is 11.1 Å². The van der Waals surface area contributed by atoms with Gasteiger partial charge in [0.2, 0.25) is 0 Å². The first-order valence-corrected chi connectivity index (χ1v) is 5.86. The van der Waals surface area contributed by atoms with Crippen LogP contribution in [0.25, 0.3) is 0 Å². The quantitative estimate of drug-likeness (QED) is 0.795. The van der Waals surface area contributed by atoms with Crippen molar-refractivity contribution in [2.45, 2.75) is 19.9 Å². The summed E-state index contributed by atoms with van der Waals surface area (Å²) in [5, 5.41) is 3.37. The molecule has 0 saturated carbocycles. The smallest absolute Gasteiger partial charge is 0.0724 e. The van der Waals surface area contributed by atoms with Gasteiger partial charge in [-0.25, -0.2) is 0 Å². The predicted octanol–water partition coefficient (Wildman–Crippen LogP) is 2.12. The van der Waals surface area contributed by atoms with Gasteiger partial charge in [0, 0.05) is 25.1 Å². The van der Waals surface area contributed by atoms with Gasteiger partial charge in [0.25, 0.3) is 0 Å². The lowest BCUT2D eigenvalue weighted by molar-refractivity contribution is 0.671. The minimum Gasteiger partial charge on any atom is -0.311 e. The maximum atomic E-state index is 4.22. The number of hydrogen-bond donors (Lipinski definition) is 1. The second kappa shape index (κ2) is 6.11. The van der Waals surface area contributed by atoms with Crippen LogP contribution in [0.1, 0.15) is 16.8 Å². The molecule has 0 spiro atoms. The van der Waals surface area contributed by atoms with Crippen molar-refractivity contribution in [1.82, 2.24) is 15.3 Å². The molecule has 1 aromatic carbocycles. The van der Waals surface area contributed by atoms with E-state index in [-0.39, 0.29) is 0 Å². The number of rotatable bonds is 5. The van der Waals surface area contributed by atoms with Crippen LogP contribution in [-0.2, 0) is 13.0 Å². The van der Waals surface area contributed by atoms with Crippen LogP contribution in [0.4, 0.5) is 0 Å². The van der Waals surface area contributed by atoms with Gasteiger partial charge in [-0.05, 0) is 31.0 Å². The fraction of sp³-hybridized carbons (Fsp3) is 0.286. The Balaban J connectivity index is 1.76. The minimum absolute atomic E-state index is 0.778. The average molecular weight is 227 g/mol. The van der Waals surface area contributed by atoms with Crippen molar-refractivity contribution in [2.75, 3.05) is 6.54 Å². The number of nitrogens with zero attached hydrogens (tertiary/aromatic N) is 2. The molecule has 3 nitrogen and oxygen atoms in total. The highest BCUT2D eigenvalue weighted by atomic mass is 14.9. The highest BCUT2D eigenvalue weighted by Crippen LogP contribution is 2.06. The number of nitrogens with one attached hydrogen (secondary N) is 1. The molecule has 1 heterocycles. The topological polar surface area (TPSA) is 37.8 Å². The van der Waals surface area contributed by atoms with Crippen molar-refractivity contribution >= 4 is 0 Å². The third-order valence-corrected chi connectivity index (χ3v) is 2.76. The summed E-state index contributed by atoms with van der Waals surface area (Å²) in [6, 6.07) is 8.49. The van der Waals surface area contributed by atoms with Crippen LogP contribution in [0, 0.1) is 6.92 Å². The van der Waals surface area contributed by atoms with Gasteiger partial charge in [-0.1, -0.05) is 24.3 Å². The first-order valence-electron chi connectivity index (χ1n) is 5.86. The van der Waals surface area contributed by atoms with E-state index < -0.39 is 0 Å². The summed E-state index contributed by atoms with van der Waals surface area (Å²) >= 11 is 0. The SMILES string of the molecule is Cc1ccccc1CCNCc1cnccn1. The highest BCUT2D eigenvalue weighted by molar-refractivity contribution is 5.25. The van der Waals surface area contributed by atoms with Crippen LogP contribution in [0.3, 0.4) is 0 Å². The van der Waals surface area contributed by atoms with Gasteiger partial charge in [0.05, 0.1) is 5.69 Å². The first kappa shape index (κ1) is 11.7. The normalized spacial score (nSPS) is 10.4. The van der Waals surface area contributed by atoms with E-state index in [0.29, 0.717) is 0 Å². The van der Waals surface area contributed by atoms with Crippen LogP contribution in [-0.4, -0.2) is 16.5 Å². The Kier molecular flexibility index (Phi) is 4.22. The monoisotopic (exact) mass is 227 g/mol. The average Bonchev–Trinajstić information content (AvgIpc) is 2.38. The molecule has 2 rings (SSSR count). The summed E-state index contributed by atoms with van der Waals surface area (Å²) in [5.41, 5.74) is 3.74. The molecule has 0 aliphatic carbocycles. The zero-order valence-electron chi connectivity index (χ0n) is 10.1. The highest BCUT2D eigenvalue weighted by Gasteiger charge is 1.97. The van der Waals surface area contributed by atoms with Gasteiger partial charge in [0.1, 0.15) is 0 Å². The molecular weight excluding hydrogens is 210 g/mol. The molecule has 1 aromatic heterocycles. The van der Waals surface area contributed by atoms with Gasteiger partial charge in [-0.3, -0.25) is 9.97 Å². The van der Waals surface area contributed by atoms with E-state index in [9.17, 15) is 0 Å². The van der Waals surface area contributed by atoms with Crippen LogP contribution < -0.4 is 5.32 Å². The molecule has 2 aromatic rings. The second-order valence-electron chi connectivity index (χ2n) is 4.05. The number of aromatic nitrogens is 2. The Hall–Kier alpha value is -1.74. The van der Waals surface area contributed by atoms with E-state index in [2.05, 4.69) is 46.5 Å². The molecule has 0 saturated heterocycles. The maximum absolute atomic E-state index is 4.22. The van der Waals surface area contributed by atoms with Crippen molar-refractivity contribution in [1.29, 1.82) is 0 Å². The van der Waals surface area contributed by atoms with E-state index >= 15 is 0 Å². The third kappa shape index (κ3) is 3.64. The lowest BCUT2D eigenvalue weighted by Crippen LogP contribution is -2.17. The predicted molar refractivity (Wildman–Crippen MR) is 68.6 cm³/mol. The zero-order valence-corrected chi connectivity index (χ0v) is 10.1. The van der Waals surface area contributed by atoms with Crippen LogP contribution in [0.2, 0.25) is 0 Å². The Bertz CT molecular complexity index is 454. The molecule has 0 amide bonds. The minimum atomic E-state index is 0.778. The van der Waals surface area contributed by atoms with E-state index in [4.69, 9.17) is 0 Å². The molecule has 0 radical (unpaired) electrons. The maximum Gasteiger partial charge on any atom is 0.0724 e. The summed E-state index contributed by atoms with van der Waals surface area (Å²) < 4.78 is 0. The molecule has 0 aliphatic rings. The Morgan fingerprint density at radius 3 is 2.82 bits per heavy atom. The van der Waals surface area contributed by atoms with E-state index in [1.807, 2.05) is 0 Å². The molecule has 0 unspecified atom stereocenters. The van der Waals surface area contributed by atoms with Gasteiger partial charge in [-0.15, -0.1) is 0 Å². The molecule has 0 fully saturated rings. The van der Waals surface area contributed by atoms with E-state index in [0.717, 1.165) is 25.2 Å². The van der Waals surface area contributed by atoms with Crippen LogP contribution >= 0.6 is 0 Å². The Morgan fingerprint density at radius 1 is 1.18 bits per heavy atom. The van der Waals surface area contributed by atoms with Crippen molar-refractivity contribution in [3.05, 3.63) is 59.7 Å². The molecule has 0 aliphatic heterocycles. The molecule has 0 atom stereocenters. The second-order valence-corrected chi connectivity index (χ2v) is 4.05. The lowest BCUT2D eigenvalue weighted by atomic mass is 10.1. The van der Waals surface area contributed by atoms with Gasteiger partial charge in [0.15, 0.2) is 0 Å². The van der Waals surface area contributed by atoms with Crippen molar-refractivity contribution < 1.29 is 0 Å². The zero-order chi connectivity index (χ0) is 11.9. The fourth-order valence-electron chi connectivity index (χ4n) is 1.75.